The van der Waals surface area contributed by atoms with E-state index in [1.807, 2.05) is 12.1 Å². The average Bonchev–Trinajstić information content (AvgIpc) is 2.23. The highest BCUT2D eigenvalue weighted by Gasteiger charge is 2.23. The molecule has 80 valence electrons. The van der Waals surface area contributed by atoms with Gasteiger partial charge >= 0.3 is 0 Å². The van der Waals surface area contributed by atoms with Crippen molar-refractivity contribution >= 4 is 5.69 Å². The van der Waals surface area contributed by atoms with Crippen LogP contribution in [0.4, 0.5) is 5.69 Å². The highest BCUT2D eigenvalue weighted by atomic mass is 15.1. The SMILES string of the molecule is C=CC[C@H]1c2cc(N)ccc2CCN1C. The van der Waals surface area contributed by atoms with Crippen LogP contribution in [0.25, 0.3) is 0 Å². The normalized spacial score (nSPS) is 21.0. The van der Waals surface area contributed by atoms with Crippen molar-refractivity contribution in [2.24, 2.45) is 0 Å². The van der Waals surface area contributed by atoms with Crippen LogP contribution < -0.4 is 5.73 Å². The average molecular weight is 202 g/mol. The molecule has 1 aromatic rings. The molecule has 0 aromatic heterocycles. The summed E-state index contributed by atoms with van der Waals surface area (Å²) in [6.45, 7) is 4.95. The molecular formula is C13H18N2. The van der Waals surface area contributed by atoms with E-state index in [0.717, 1.165) is 25.1 Å². The van der Waals surface area contributed by atoms with Crippen molar-refractivity contribution < 1.29 is 0 Å². The molecule has 0 spiro atoms. The van der Waals surface area contributed by atoms with Crippen LogP contribution in [0, 0.1) is 0 Å². The van der Waals surface area contributed by atoms with Crippen molar-refractivity contribution in [3.05, 3.63) is 42.0 Å². The number of benzene rings is 1. The van der Waals surface area contributed by atoms with E-state index in [1.165, 1.54) is 11.1 Å². The number of hydrogen-bond donors (Lipinski definition) is 1. The van der Waals surface area contributed by atoms with Gasteiger partial charge in [0.05, 0.1) is 0 Å². The molecule has 15 heavy (non-hydrogen) atoms. The standard InChI is InChI=1S/C13H18N2/c1-3-4-13-12-9-11(14)6-5-10(12)7-8-15(13)2/h3,5-6,9,13H,1,4,7-8,14H2,2H3/t13-/m0/s1. The molecule has 0 saturated carbocycles. The van der Waals surface area contributed by atoms with E-state index in [-0.39, 0.29) is 0 Å². The highest BCUT2D eigenvalue weighted by molar-refractivity contribution is 5.47. The molecule has 0 amide bonds. The summed E-state index contributed by atoms with van der Waals surface area (Å²) in [4.78, 5) is 2.38. The molecule has 1 aliphatic heterocycles. The second-order valence-corrected chi connectivity index (χ2v) is 4.23. The molecule has 2 heteroatoms. The number of nitrogen functional groups attached to an aromatic ring is 1. The number of likely N-dealkylation sites (N-methyl/N-ethyl adjacent to an activating group) is 1. The summed E-state index contributed by atoms with van der Waals surface area (Å²) in [6.07, 6.45) is 4.10. The maximum atomic E-state index is 5.84. The smallest absolute Gasteiger partial charge is 0.0383 e. The molecule has 2 N–H and O–H groups in total. The highest BCUT2D eigenvalue weighted by Crippen LogP contribution is 2.32. The molecule has 0 aliphatic carbocycles. The first-order valence-corrected chi connectivity index (χ1v) is 5.42. The van der Waals surface area contributed by atoms with E-state index in [0.29, 0.717) is 6.04 Å². The Morgan fingerprint density at radius 3 is 3.13 bits per heavy atom. The van der Waals surface area contributed by atoms with Gasteiger partial charge in [0.1, 0.15) is 0 Å². The van der Waals surface area contributed by atoms with Gasteiger partial charge in [-0.1, -0.05) is 12.1 Å². The largest absolute Gasteiger partial charge is 0.399 e. The maximum absolute atomic E-state index is 5.84. The van der Waals surface area contributed by atoms with Gasteiger partial charge in [-0.05, 0) is 43.1 Å². The third-order valence-electron chi connectivity index (χ3n) is 3.18. The van der Waals surface area contributed by atoms with E-state index in [4.69, 9.17) is 5.73 Å². The van der Waals surface area contributed by atoms with E-state index in [1.54, 1.807) is 0 Å². The van der Waals surface area contributed by atoms with Crippen LogP contribution in [0.15, 0.2) is 30.9 Å². The van der Waals surface area contributed by atoms with Gasteiger partial charge in [-0.15, -0.1) is 6.58 Å². The van der Waals surface area contributed by atoms with Gasteiger partial charge in [-0.2, -0.15) is 0 Å². The third-order valence-corrected chi connectivity index (χ3v) is 3.18. The molecule has 1 atom stereocenters. The predicted octanol–water partition coefficient (Wildman–Crippen LogP) is 2.37. The van der Waals surface area contributed by atoms with Crippen molar-refractivity contribution in [3.63, 3.8) is 0 Å². The molecule has 1 aliphatic rings. The quantitative estimate of drug-likeness (QED) is 0.589. The first-order chi connectivity index (χ1) is 7.22. The Labute approximate surface area is 91.4 Å². The van der Waals surface area contributed by atoms with Gasteiger partial charge in [0, 0.05) is 18.3 Å². The molecule has 0 unspecified atom stereocenters. The molecule has 0 radical (unpaired) electrons. The van der Waals surface area contributed by atoms with Crippen molar-refractivity contribution in [2.45, 2.75) is 18.9 Å². The lowest BCUT2D eigenvalue weighted by atomic mass is 9.91. The number of nitrogens with two attached hydrogens (primary N) is 1. The van der Waals surface area contributed by atoms with E-state index >= 15 is 0 Å². The van der Waals surface area contributed by atoms with Crippen LogP contribution in [0.5, 0.6) is 0 Å². The van der Waals surface area contributed by atoms with Crippen LogP contribution in [-0.2, 0) is 6.42 Å². The molecule has 0 bridgehead atoms. The summed E-state index contributed by atoms with van der Waals surface area (Å²) in [5.74, 6) is 0. The summed E-state index contributed by atoms with van der Waals surface area (Å²) < 4.78 is 0. The van der Waals surface area contributed by atoms with Gasteiger partial charge in [0.2, 0.25) is 0 Å². The fourth-order valence-electron chi connectivity index (χ4n) is 2.31. The zero-order valence-electron chi connectivity index (χ0n) is 9.24. The summed E-state index contributed by atoms with van der Waals surface area (Å²) in [5.41, 5.74) is 9.52. The number of fused-ring (bicyclic) bond motifs is 1. The maximum Gasteiger partial charge on any atom is 0.0383 e. The fourth-order valence-corrected chi connectivity index (χ4v) is 2.31. The van der Waals surface area contributed by atoms with Crippen LogP contribution in [0.1, 0.15) is 23.6 Å². The Balaban J connectivity index is 2.40. The number of rotatable bonds is 2. The molecule has 1 aromatic carbocycles. The van der Waals surface area contributed by atoms with Gasteiger partial charge in [-0.25, -0.2) is 0 Å². The zero-order chi connectivity index (χ0) is 10.8. The van der Waals surface area contributed by atoms with Crippen molar-refractivity contribution in [1.29, 1.82) is 0 Å². The lowest BCUT2D eigenvalue weighted by Crippen LogP contribution is -2.31. The molecular weight excluding hydrogens is 184 g/mol. The molecule has 2 rings (SSSR count). The van der Waals surface area contributed by atoms with Crippen molar-refractivity contribution in [1.82, 2.24) is 4.90 Å². The topological polar surface area (TPSA) is 29.3 Å². The summed E-state index contributed by atoms with van der Waals surface area (Å²) in [5, 5.41) is 0. The van der Waals surface area contributed by atoms with Crippen LogP contribution in [-0.4, -0.2) is 18.5 Å². The monoisotopic (exact) mass is 202 g/mol. The zero-order valence-corrected chi connectivity index (χ0v) is 9.24. The Morgan fingerprint density at radius 2 is 2.40 bits per heavy atom. The summed E-state index contributed by atoms with van der Waals surface area (Å²) >= 11 is 0. The predicted molar refractivity (Wildman–Crippen MR) is 64.7 cm³/mol. The lowest BCUT2D eigenvalue weighted by molar-refractivity contribution is 0.232. The minimum atomic E-state index is 0.453. The minimum absolute atomic E-state index is 0.453. The second-order valence-electron chi connectivity index (χ2n) is 4.23. The Kier molecular flexibility index (Phi) is 2.78. The Hall–Kier alpha value is -1.28. The lowest BCUT2D eigenvalue weighted by Gasteiger charge is -2.34. The number of anilines is 1. The van der Waals surface area contributed by atoms with Crippen LogP contribution >= 0.6 is 0 Å². The third kappa shape index (κ3) is 1.90. The number of nitrogens with zero attached hydrogens (tertiary/aromatic N) is 1. The van der Waals surface area contributed by atoms with E-state index < -0.39 is 0 Å². The van der Waals surface area contributed by atoms with Gasteiger partial charge < -0.3 is 5.73 Å². The van der Waals surface area contributed by atoms with Gasteiger partial charge in [0.25, 0.3) is 0 Å². The number of hydrogen-bond acceptors (Lipinski definition) is 2. The van der Waals surface area contributed by atoms with Gasteiger partial charge in [0.15, 0.2) is 0 Å². The van der Waals surface area contributed by atoms with Crippen LogP contribution in [0.2, 0.25) is 0 Å². The molecule has 1 heterocycles. The first-order valence-electron chi connectivity index (χ1n) is 5.42. The van der Waals surface area contributed by atoms with Gasteiger partial charge in [-0.3, -0.25) is 4.90 Å². The molecule has 0 saturated heterocycles. The van der Waals surface area contributed by atoms with E-state index in [9.17, 15) is 0 Å². The van der Waals surface area contributed by atoms with Crippen molar-refractivity contribution in [2.75, 3.05) is 19.3 Å². The summed E-state index contributed by atoms with van der Waals surface area (Å²) in [6, 6.07) is 6.72. The van der Waals surface area contributed by atoms with E-state index in [2.05, 4.69) is 30.7 Å². The fraction of sp³-hybridized carbons (Fsp3) is 0.385. The first kappa shape index (κ1) is 10.2. The molecule has 2 nitrogen and oxygen atoms in total. The van der Waals surface area contributed by atoms with Crippen LogP contribution in [0.3, 0.4) is 0 Å². The Bertz CT molecular complexity index is 371. The van der Waals surface area contributed by atoms with Crippen molar-refractivity contribution in [3.8, 4) is 0 Å². The minimum Gasteiger partial charge on any atom is -0.399 e. The second kappa shape index (κ2) is 4.07. The Morgan fingerprint density at radius 1 is 1.60 bits per heavy atom. The summed E-state index contributed by atoms with van der Waals surface area (Å²) in [7, 11) is 2.17. The molecule has 0 fully saturated rings.